The van der Waals surface area contributed by atoms with E-state index in [-0.39, 0.29) is 28.4 Å². The molecule has 3 fully saturated rings. The minimum Gasteiger partial charge on any atom is -0.460 e. The Balaban J connectivity index is 1.99. The van der Waals surface area contributed by atoms with Gasteiger partial charge in [0.05, 0.1) is 6.10 Å². The normalized spacial score (nSPS) is 42.5. The minimum atomic E-state index is -0.643. The minimum absolute atomic E-state index is 0.0287. The molecule has 5 heteroatoms. The van der Waals surface area contributed by atoms with Crippen LogP contribution >= 0.6 is 0 Å². The van der Waals surface area contributed by atoms with E-state index in [1.807, 2.05) is 13.8 Å². The van der Waals surface area contributed by atoms with Crippen molar-refractivity contribution in [3.8, 4) is 0 Å². The lowest BCUT2D eigenvalue weighted by Gasteiger charge is -2.51. The van der Waals surface area contributed by atoms with Gasteiger partial charge in [-0.25, -0.2) is 4.79 Å². The Morgan fingerprint density at radius 2 is 2.04 bits per heavy atom. The average Bonchev–Trinajstić information content (AvgIpc) is 2.82. The number of ketones is 1. The van der Waals surface area contributed by atoms with Gasteiger partial charge >= 0.3 is 5.97 Å². The summed E-state index contributed by atoms with van der Waals surface area (Å²) in [6.07, 6.45) is 4.60. The second-order valence-electron chi connectivity index (χ2n) is 8.46. The molecule has 0 aromatic rings. The van der Waals surface area contributed by atoms with Crippen LogP contribution in [0.2, 0.25) is 0 Å². The summed E-state index contributed by atoms with van der Waals surface area (Å²) in [6.45, 7) is 3.36. The van der Waals surface area contributed by atoms with E-state index in [9.17, 15) is 14.7 Å². The van der Waals surface area contributed by atoms with Gasteiger partial charge in [-0.1, -0.05) is 20.3 Å². The van der Waals surface area contributed by atoms with Crippen molar-refractivity contribution in [2.24, 2.45) is 22.7 Å². The Morgan fingerprint density at radius 1 is 1.30 bits per heavy atom. The molecule has 2 bridgehead atoms. The van der Waals surface area contributed by atoms with Crippen LogP contribution in [0.25, 0.3) is 0 Å². The molecule has 2 N–H and O–H groups in total. The molecule has 3 unspecified atom stereocenters. The van der Waals surface area contributed by atoms with Crippen LogP contribution in [0.5, 0.6) is 0 Å². The Hall–Kier alpha value is -0.940. The predicted molar refractivity (Wildman–Crippen MR) is 83.5 cm³/mol. The molecular weight excluding hydrogens is 296 g/mol. The van der Waals surface area contributed by atoms with Gasteiger partial charge in [-0.05, 0) is 42.9 Å². The number of esters is 1. The summed E-state index contributed by atoms with van der Waals surface area (Å²) in [5.41, 5.74) is -0.499. The van der Waals surface area contributed by atoms with E-state index >= 15 is 0 Å². The van der Waals surface area contributed by atoms with Crippen LogP contribution in [0.15, 0.2) is 0 Å². The standard InChI is InChI=1S/C18H28O5/c1-17(2)8-13(23-15(22)10-19)11-4-3-6-18(9-14(17)21)7-5-12(20)16(11)18/h11,13-14,16,19,21H,3-10H2,1-2H3/t11?,13-,14+,16?,18?/m1/s1. The van der Waals surface area contributed by atoms with Gasteiger partial charge in [0, 0.05) is 18.3 Å². The molecule has 130 valence electrons. The third-order valence-corrected chi connectivity index (χ3v) is 6.63. The second-order valence-corrected chi connectivity index (χ2v) is 8.46. The molecule has 0 aromatic carbocycles. The second kappa shape index (κ2) is 5.85. The number of carbonyl (C=O) groups is 2. The van der Waals surface area contributed by atoms with Crippen molar-refractivity contribution < 1.29 is 24.5 Å². The van der Waals surface area contributed by atoms with E-state index in [0.717, 1.165) is 25.7 Å². The zero-order valence-electron chi connectivity index (χ0n) is 14.1. The third kappa shape index (κ3) is 2.82. The van der Waals surface area contributed by atoms with Crippen molar-refractivity contribution in [3.63, 3.8) is 0 Å². The van der Waals surface area contributed by atoms with Gasteiger partial charge in [0.25, 0.3) is 0 Å². The van der Waals surface area contributed by atoms with Crippen molar-refractivity contribution in [3.05, 3.63) is 0 Å². The maximum Gasteiger partial charge on any atom is 0.332 e. The maximum atomic E-state index is 12.6. The Bertz CT molecular complexity index is 500. The van der Waals surface area contributed by atoms with Crippen LogP contribution in [-0.2, 0) is 14.3 Å². The number of Topliss-reactive ketones (excluding diaryl/α,β-unsaturated/α-hetero) is 1. The van der Waals surface area contributed by atoms with E-state index in [4.69, 9.17) is 9.84 Å². The molecule has 0 aliphatic heterocycles. The lowest BCUT2D eigenvalue weighted by atomic mass is 9.55. The van der Waals surface area contributed by atoms with Crippen molar-refractivity contribution in [2.45, 2.75) is 71.0 Å². The SMILES string of the molecule is CC1(C)C[C@@H](OC(=O)CO)C2CCCC3(CCC(=O)C23)C[C@@H]1O. The molecule has 0 saturated heterocycles. The highest BCUT2D eigenvalue weighted by Crippen LogP contribution is 2.59. The number of aliphatic hydroxyl groups is 2. The molecule has 3 aliphatic carbocycles. The molecule has 5 nitrogen and oxygen atoms in total. The van der Waals surface area contributed by atoms with Crippen LogP contribution in [-0.4, -0.2) is 40.8 Å². The number of rotatable bonds is 2. The Labute approximate surface area is 137 Å². The summed E-state index contributed by atoms with van der Waals surface area (Å²) in [7, 11) is 0. The van der Waals surface area contributed by atoms with Crippen molar-refractivity contribution in [1.82, 2.24) is 0 Å². The Morgan fingerprint density at radius 3 is 2.74 bits per heavy atom. The molecule has 0 heterocycles. The smallest absolute Gasteiger partial charge is 0.332 e. The summed E-state index contributed by atoms with van der Waals surface area (Å²) in [5.74, 6) is -0.436. The molecule has 0 amide bonds. The van der Waals surface area contributed by atoms with Crippen molar-refractivity contribution in [2.75, 3.05) is 6.61 Å². The molecule has 3 saturated carbocycles. The van der Waals surface area contributed by atoms with Crippen LogP contribution < -0.4 is 0 Å². The summed E-state index contributed by atoms with van der Waals surface area (Å²) in [4.78, 5) is 24.3. The van der Waals surface area contributed by atoms with Crippen LogP contribution in [0.4, 0.5) is 0 Å². The van der Waals surface area contributed by atoms with Gasteiger partial charge in [0.15, 0.2) is 0 Å². The van der Waals surface area contributed by atoms with E-state index in [0.29, 0.717) is 19.3 Å². The summed E-state index contributed by atoms with van der Waals surface area (Å²) >= 11 is 0. The molecule has 0 radical (unpaired) electrons. The van der Waals surface area contributed by atoms with Crippen LogP contribution in [0.1, 0.15) is 58.8 Å². The Kier molecular flexibility index (Phi) is 4.30. The topological polar surface area (TPSA) is 83.8 Å². The molecule has 3 rings (SSSR count). The monoisotopic (exact) mass is 324 g/mol. The van der Waals surface area contributed by atoms with Gasteiger partial charge in [0.2, 0.25) is 0 Å². The maximum absolute atomic E-state index is 12.6. The van der Waals surface area contributed by atoms with Crippen molar-refractivity contribution in [1.29, 1.82) is 0 Å². The lowest BCUT2D eigenvalue weighted by molar-refractivity contribution is -0.171. The van der Waals surface area contributed by atoms with Gasteiger partial charge in [0.1, 0.15) is 18.5 Å². The van der Waals surface area contributed by atoms with Gasteiger partial charge < -0.3 is 14.9 Å². The van der Waals surface area contributed by atoms with Crippen LogP contribution in [0.3, 0.4) is 0 Å². The molecule has 0 aromatic heterocycles. The quantitative estimate of drug-likeness (QED) is 0.757. The first-order valence-corrected chi connectivity index (χ1v) is 8.80. The van der Waals surface area contributed by atoms with E-state index in [1.54, 1.807) is 0 Å². The predicted octanol–water partition coefficient (Wildman–Crippen LogP) is 1.84. The summed E-state index contributed by atoms with van der Waals surface area (Å²) < 4.78 is 5.55. The fourth-order valence-corrected chi connectivity index (χ4v) is 5.39. The van der Waals surface area contributed by atoms with E-state index in [1.165, 1.54) is 0 Å². The van der Waals surface area contributed by atoms with Crippen molar-refractivity contribution >= 4 is 11.8 Å². The first-order chi connectivity index (χ1) is 10.8. The largest absolute Gasteiger partial charge is 0.460 e. The van der Waals surface area contributed by atoms with Gasteiger partial charge in [-0.3, -0.25) is 4.79 Å². The highest BCUT2D eigenvalue weighted by molar-refractivity contribution is 5.85. The molecule has 5 atom stereocenters. The highest BCUT2D eigenvalue weighted by Gasteiger charge is 2.58. The number of ether oxygens (including phenoxy) is 1. The van der Waals surface area contributed by atoms with Gasteiger partial charge in [-0.2, -0.15) is 0 Å². The van der Waals surface area contributed by atoms with Crippen LogP contribution in [0, 0.1) is 22.7 Å². The zero-order valence-corrected chi connectivity index (χ0v) is 14.1. The number of carbonyl (C=O) groups excluding carboxylic acids is 2. The highest BCUT2D eigenvalue weighted by atomic mass is 16.6. The van der Waals surface area contributed by atoms with E-state index < -0.39 is 24.8 Å². The number of hydrogen-bond acceptors (Lipinski definition) is 5. The fourth-order valence-electron chi connectivity index (χ4n) is 5.39. The number of hydrogen-bond donors (Lipinski definition) is 2. The molecule has 0 spiro atoms. The first kappa shape index (κ1) is 16.9. The summed E-state index contributed by atoms with van der Waals surface area (Å²) in [6, 6.07) is 0. The third-order valence-electron chi connectivity index (χ3n) is 6.63. The van der Waals surface area contributed by atoms with Gasteiger partial charge in [-0.15, -0.1) is 0 Å². The fraction of sp³-hybridized carbons (Fsp3) is 0.889. The molecular formula is C18H28O5. The lowest BCUT2D eigenvalue weighted by Crippen LogP contribution is -2.52. The average molecular weight is 324 g/mol. The molecule has 3 aliphatic rings. The first-order valence-electron chi connectivity index (χ1n) is 8.80. The zero-order chi connectivity index (χ0) is 16.8. The number of aliphatic hydroxyl groups excluding tert-OH is 2. The van der Waals surface area contributed by atoms with E-state index in [2.05, 4.69) is 0 Å². The summed E-state index contributed by atoms with van der Waals surface area (Å²) in [5, 5.41) is 19.8. The molecule has 23 heavy (non-hydrogen) atoms.